The molecular weight excluding hydrogens is 709 g/mol. The van der Waals surface area contributed by atoms with E-state index in [2.05, 4.69) is 74.6 Å². The van der Waals surface area contributed by atoms with Crippen LogP contribution in [0.3, 0.4) is 0 Å². The summed E-state index contributed by atoms with van der Waals surface area (Å²) in [6, 6.07) is 0. The van der Waals surface area contributed by atoms with E-state index in [0.717, 1.165) is 51.4 Å². The van der Waals surface area contributed by atoms with E-state index in [1.165, 1.54) is 70.6 Å². The molecule has 0 aromatic carbocycles. The average Bonchev–Trinajstić information content (AvgIpc) is 3.13. The monoisotopic (exact) mass is 791 g/mol. The number of esters is 1. The van der Waals surface area contributed by atoms with E-state index >= 15 is 0 Å². The summed E-state index contributed by atoms with van der Waals surface area (Å²) in [5.41, 5.74) is 0. The smallest absolute Gasteiger partial charge is 0.472 e. The molecule has 0 aliphatic rings. The summed E-state index contributed by atoms with van der Waals surface area (Å²) in [5, 5.41) is 0. The maximum absolute atomic E-state index is 12.6. The molecule has 2 unspecified atom stereocenters. The molecular formula is C46H81NO7P+. The van der Waals surface area contributed by atoms with Gasteiger partial charge in [-0.05, 0) is 63.9 Å². The van der Waals surface area contributed by atoms with E-state index in [1.54, 1.807) is 6.26 Å². The lowest BCUT2D eigenvalue weighted by Gasteiger charge is -2.24. The second-order valence-corrected chi connectivity index (χ2v) is 16.5. The van der Waals surface area contributed by atoms with E-state index in [1.807, 2.05) is 39.4 Å². The van der Waals surface area contributed by atoms with Crippen molar-refractivity contribution in [3.8, 4) is 0 Å². The van der Waals surface area contributed by atoms with Crippen molar-refractivity contribution in [2.45, 2.75) is 155 Å². The van der Waals surface area contributed by atoms with Crippen LogP contribution in [0.4, 0.5) is 0 Å². The summed E-state index contributed by atoms with van der Waals surface area (Å²) in [4.78, 5) is 22.8. The molecule has 0 aromatic heterocycles. The zero-order valence-corrected chi connectivity index (χ0v) is 36.5. The molecule has 0 fully saturated rings. The number of hydrogen-bond donors (Lipinski definition) is 1. The van der Waals surface area contributed by atoms with E-state index in [-0.39, 0.29) is 26.2 Å². The van der Waals surface area contributed by atoms with Crippen LogP contribution in [-0.4, -0.2) is 69.0 Å². The minimum absolute atomic E-state index is 0.0134. The molecule has 55 heavy (non-hydrogen) atoms. The van der Waals surface area contributed by atoms with Crippen molar-refractivity contribution in [1.82, 2.24) is 0 Å². The predicted molar refractivity (Wildman–Crippen MR) is 233 cm³/mol. The number of carbonyl (C=O) groups excluding carboxylic acids is 1. The lowest BCUT2D eigenvalue weighted by molar-refractivity contribution is -0.870. The van der Waals surface area contributed by atoms with Gasteiger partial charge >= 0.3 is 13.8 Å². The van der Waals surface area contributed by atoms with Crippen molar-refractivity contribution >= 4 is 13.8 Å². The van der Waals surface area contributed by atoms with Gasteiger partial charge in [0.25, 0.3) is 0 Å². The Morgan fingerprint density at radius 1 is 0.600 bits per heavy atom. The Hall–Kier alpha value is -2.48. The van der Waals surface area contributed by atoms with Crippen molar-refractivity contribution in [1.29, 1.82) is 0 Å². The molecule has 0 saturated carbocycles. The molecule has 9 heteroatoms. The molecule has 0 amide bonds. The number of ether oxygens (including phenoxy) is 2. The molecule has 0 spiro atoms. The number of hydrogen-bond acceptors (Lipinski definition) is 6. The SMILES string of the molecule is CC/C=C\C/C=C\C/C=C\C/C=C\C/C=C\C/C=C\CCC(=O)OC(CO/C=C/CCCCCCCCCCCCCC)COP(=O)(O)OCC[N+](C)(C)C. The topological polar surface area (TPSA) is 91.3 Å². The molecule has 0 aromatic rings. The third-order valence-corrected chi connectivity index (χ3v) is 9.53. The fourth-order valence-corrected chi connectivity index (χ4v) is 5.99. The standard InChI is InChI=1S/C46H80NO7P/c1-6-8-10-12-14-16-18-20-22-23-24-25-26-27-29-31-33-35-37-39-46(48)54-45(44-53-55(49,50)52-42-40-47(3,4)5)43-51-41-38-36-34-32-30-28-21-19-17-15-13-11-9-7-2/h8,10,14,16,20,22,24-25,27,29,33,35,38,41,45H,6-7,9,11-13,15,17-19,21,23,26,28,30-32,34,36-37,39-40,42-44H2,1-5H3/p+1/b10-8-,16-14-,22-20-,25-24-,29-27-,35-33-,41-38+. The zero-order chi connectivity index (χ0) is 40.6. The van der Waals surface area contributed by atoms with Gasteiger partial charge in [0.2, 0.25) is 0 Å². The Morgan fingerprint density at radius 3 is 1.56 bits per heavy atom. The molecule has 0 rings (SSSR count). The first-order valence-corrected chi connectivity index (χ1v) is 22.9. The molecule has 0 aliphatic heterocycles. The van der Waals surface area contributed by atoms with Crippen molar-refractivity contribution in [3.63, 3.8) is 0 Å². The molecule has 1 N–H and O–H groups in total. The Labute approximate surface area is 337 Å². The number of phosphoric ester groups is 1. The largest absolute Gasteiger partial charge is 0.498 e. The van der Waals surface area contributed by atoms with Crippen LogP contribution in [0.15, 0.2) is 85.3 Å². The Morgan fingerprint density at radius 2 is 1.07 bits per heavy atom. The van der Waals surface area contributed by atoms with Crippen LogP contribution in [0.2, 0.25) is 0 Å². The Bertz CT molecular complexity index is 1150. The number of phosphoric acid groups is 1. The minimum atomic E-state index is -4.31. The van der Waals surface area contributed by atoms with Crippen LogP contribution in [0, 0.1) is 0 Å². The van der Waals surface area contributed by atoms with Gasteiger partial charge in [-0.25, -0.2) is 4.57 Å². The molecule has 2 atom stereocenters. The van der Waals surface area contributed by atoms with Crippen molar-refractivity contribution in [3.05, 3.63) is 85.3 Å². The highest BCUT2D eigenvalue weighted by Gasteiger charge is 2.26. The van der Waals surface area contributed by atoms with E-state index in [9.17, 15) is 14.3 Å². The summed E-state index contributed by atoms with van der Waals surface area (Å²) in [6.07, 6.45) is 51.5. The first-order valence-electron chi connectivity index (χ1n) is 21.4. The average molecular weight is 791 g/mol. The van der Waals surface area contributed by atoms with Crippen LogP contribution < -0.4 is 0 Å². The lowest BCUT2D eigenvalue weighted by Crippen LogP contribution is -2.37. The highest BCUT2D eigenvalue weighted by molar-refractivity contribution is 7.47. The molecule has 0 aliphatic carbocycles. The van der Waals surface area contributed by atoms with E-state index in [0.29, 0.717) is 17.4 Å². The summed E-state index contributed by atoms with van der Waals surface area (Å²) in [6.45, 7) is 4.71. The fraction of sp³-hybridized carbons (Fsp3) is 0.674. The van der Waals surface area contributed by atoms with Gasteiger partial charge in [-0.2, -0.15) is 0 Å². The van der Waals surface area contributed by atoms with Crippen LogP contribution in [-0.2, 0) is 27.9 Å². The minimum Gasteiger partial charge on any atom is -0.498 e. The molecule has 0 bridgehead atoms. The number of allylic oxidation sites excluding steroid dienone is 13. The first-order chi connectivity index (χ1) is 26.6. The van der Waals surface area contributed by atoms with E-state index in [4.69, 9.17) is 18.5 Å². The van der Waals surface area contributed by atoms with Crippen molar-refractivity contribution < 1.29 is 37.3 Å². The van der Waals surface area contributed by atoms with Gasteiger partial charge in [-0.15, -0.1) is 0 Å². The number of quaternary nitrogens is 1. The second kappa shape index (κ2) is 38.4. The molecule has 0 saturated heterocycles. The van der Waals surface area contributed by atoms with Gasteiger partial charge in [0.05, 0.1) is 34.0 Å². The normalized spacial score (nSPS) is 14.6. The second-order valence-electron chi connectivity index (χ2n) is 15.1. The van der Waals surface area contributed by atoms with Gasteiger partial charge in [0.15, 0.2) is 6.10 Å². The third kappa shape index (κ3) is 42.5. The molecule has 0 heterocycles. The summed E-state index contributed by atoms with van der Waals surface area (Å²) in [5.74, 6) is -0.420. The molecule has 8 nitrogen and oxygen atoms in total. The predicted octanol–water partition coefficient (Wildman–Crippen LogP) is 12.8. The van der Waals surface area contributed by atoms with Gasteiger partial charge in [-0.1, -0.05) is 157 Å². The zero-order valence-electron chi connectivity index (χ0n) is 35.6. The maximum atomic E-state index is 12.6. The number of nitrogens with zero attached hydrogens (tertiary/aromatic N) is 1. The fourth-order valence-electron chi connectivity index (χ4n) is 5.25. The molecule has 316 valence electrons. The lowest BCUT2D eigenvalue weighted by atomic mass is 10.0. The summed E-state index contributed by atoms with van der Waals surface area (Å²) >= 11 is 0. The summed E-state index contributed by atoms with van der Waals surface area (Å²) < 4.78 is 34.6. The number of rotatable bonds is 38. The Balaban J connectivity index is 4.46. The maximum Gasteiger partial charge on any atom is 0.472 e. The van der Waals surface area contributed by atoms with Gasteiger partial charge < -0.3 is 18.9 Å². The number of carbonyl (C=O) groups is 1. The van der Waals surface area contributed by atoms with Gasteiger partial charge in [-0.3, -0.25) is 13.8 Å². The quantitative estimate of drug-likeness (QED) is 0.0166. The molecule has 0 radical (unpaired) electrons. The number of likely N-dealkylation sites (N-methyl/N-ethyl adjacent to an activating group) is 1. The van der Waals surface area contributed by atoms with Crippen molar-refractivity contribution in [2.75, 3.05) is 47.5 Å². The van der Waals surface area contributed by atoms with E-state index < -0.39 is 19.9 Å². The van der Waals surface area contributed by atoms with Crippen LogP contribution in [0.25, 0.3) is 0 Å². The van der Waals surface area contributed by atoms with Crippen LogP contribution in [0.1, 0.15) is 149 Å². The van der Waals surface area contributed by atoms with Gasteiger partial charge in [0.1, 0.15) is 19.8 Å². The van der Waals surface area contributed by atoms with Crippen LogP contribution >= 0.6 is 7.82 Å². The third-order valence-electron chi connectivity index (χ3n) is 8.55. The highest BCUT2D eigenvalue weighted by Crippen LogP contribution is 2.43. The van der Waals surface area contributed by atoms with Gasteiger partial charge in [0, 0.05) is 6.42 Å². The first kappa shape index (κ1) is 52.5. The Kier molecular flexibility index (Phi) is 36.7. The van der Waals surface area contributed by atoms with Crippen molar-refractivity contribution in [2.24, 2.45) is 0 Å². The highest BCUT2D eigenvalue weighted by atomic mass is 31.2. The van der Waals surface area contributed by atoms with Crippen LogP contribution in [0.5, 0.6) is 0 Å². The number of unbranched alkanes of at least 4 members (excludes halogenated alkanes) is 12. The summed E-state index contributed by atoms with van der Waals surface area (Å²) in [7, 11) is 1.58.